The maximum atomic E-state index is 5.75. The molecule has 0 aliphatic heterocycles. The SMILES string of the molecule is COc1ccc2ccnc(-n3cccc3C(N)=S)c2c1. The predicted octanol–water partition coefficient (Wildman–Crippen LogP) is 2.67. The molecule has 0 amide bonds. The van der Waals surface area contributed by atoms with Gasteiger partial charge in [0, 0.05) is 17.8 Å². The normalized spacial score (nSPS) is 10.7. The van der Waals surface area contributed by atoms with Gasteiger partial charge in [-0.15, -0.1) is 0 Å². The molecule has 0 radical (unpaired) electrons. The Balaban J connectivity index is 2.30. The number of pyridine rings is 1. The zero-order valence-electron chi connectivity index (χ0n) is 10.9. The summed E-state index contributed by atoms with van der Waals surface area (Å²) in [5.74, 6) is 1.57. The molecule has 3 rings (SSSR count). The molecule has 4 nitrogen and oxygen atoms in total. The summed E-state index contributed by atoms with van der Waals surface area (Å²) in [5, 5.41) is 2.07. The van der Waals surface area contributed by atoms with Crippen LogP contribution in [-0.4, -0.2) is 21.6 Å². The topological polar surface area (TPSA) is 53.1 Å². The van der Waals surface area contributed by atoms with Crippen molar-refractivity contribution in [1.82, 2.24) is 9.55 Å². The summed E-state index contributed by atoms with van der Waals surface area (Å²) in [6.07, 6.45) is 3.67. The van der Waals surface area contributed by atoms with Crippen molar-refractivity contribution >= 4 is 28.0 Å². The van der Waals surface area contributed by atoms with E-state index in [1.54, 1.807) is 13.3 Å². The first-order valence-electron chi connectivity index (χ1n) is 6.11. The Bertz CT molecular complexity index is 795. The second-order valence-electron chi connectivity index (χ2n) is 4.35. The van der Waals surface area contributed by atoms with Crippen LogP contribution >= 0.6 is 12.2 Å². The minimum Gasteiger partial charge on any atom is -0.497 e. The number of hydrogen-bond donors (Lipinski definition) is 1. The molecule has 0 unspecified atom stereocenters. The van der Waals surface area contributed by atoms with E-state index in [4.69, 9.17) is 22.7 Å². The highest BCUT2D eigenvalue weighted by molar-refractivity contribution is 7.80. The fraction of sp³-hybridized carbons (Fsp3) is 0.0667. The minimum absolute atomic E-state index is 0.344. The van der Waals surface area contributed by atoms with Crippen LogP contribution in [0, 0.1) is 0 Å². The summed E-state index contributed by atoms with van der Waals surface area (Å²) < 4.78 is 7.18. The van der Waals surface area contributed by atoms with Gasteiger partial charge in [0.1, 0.15) is 16.6 Å². The fourth-order valence-electron chi connectivity index (χ4n) is 2.22. The van der Waals surface area contributed by atoms with Crippen molar-refractivity contribution < 1.29 is 4.74 Å². The molecule has 2 heterocycles. The Hall–Kier alpha value is -2.40. The minimum atomic E-state index is 0.344. The number of fused-ring (bicyclic) bond motifs is 1. The summed E-state index contributed by atoms with van der Waals surface area (Å²) in [5.41, 5.74) is 6.52. The molecule has 0 atom stereocenters. The lowest BCUT2D eigenvalue weighted by molar-refractivity contribution is 0.415. The summed E-state index contributed by atoms with van der Waals surface area (Å²) in [6, 6.07) is 11.6. The van der Waals surface area contributed by atoms with Crippen molar-refractivity contribution in [3.8, 4) is 11.6 Å². The molecule has 3 aromatic rings. The van der Waals surface area contributed by atoms with Crippen LogP contribution in [0.1, 0.15) is 5.69 Å². The molecule has 20 heavy (non-hydrogen) atoms. The van der Waals surface area contributed by atoms with Crippen LogP contribution in [0.5, 0.6) is 5.75 Å². The van der Waals surface area contributed by atoms with Gasteiger partial charge in [0.15, 0.2) is 0 Å². The number of methoxy groups -OCH3 is 1. The molecule has 0 bridgehead atoms. The maximum Gasteiger partial charge on any atom is 0.145 e. The lowest BCUT2D eigenvalue weighted by atomic mass is 10.1. The van der Waals surface area contributed by atoms with Crippen LogP contribution in [0.15, 0.2) is 48.8 Å². The molecule has 0 saturated carbocycles. The van der Waals surface area contributed by atoms with Gasteiger partial charge >= 0.3 is 0 Å². The van der Waals surface area contributed by atoms with Gasteiger partial charge < -0.3 is 10.5 Å². The Morgan fingerprint density at radius 3 is 2.90 bits per heavy atom. The number of hydrogen-bond acceptors (Lipinski definition) is 3. The first-order chi connectivity index (χ1) is 9.70. The Morgan fingerprint density at radius 2 is 2.15 bits per heavy atom. The van der Waals surface area contributed by atoms with Crippen LogP contribution in [0.3, 0.4) is 0 Å². The number of nitrogens with zero attached hydrogens (tertiary/aromatic N) is 2. The van der Waals surface area contributed by atoms with E-state index in [2.05, 4.69) is 4.98 Å². The highest BCUT2D eigenvalue weighted by Gasteiger charge is 2.10. The maximum absolute atomic E-state index is 5.75. The van der Waals surface area contributed by atoms with E-state index < -0.39 is 0 Å². The smallest absolute Gasteiger partial charge is 0.145 e. The molecule has 0 fully saturated rings. The van der Waals surface area contributed by atoms with Crippen molar-refractivity contribution in [3.63, 3.8) is 0 Å². The van der Waals surface area contributed by atoms with Crippen molar-refractivity contribution in [1.29, 1.82) is 0 Å². The monoisotopic (exact) mass is 283 g/mol. The standard InChI is InChI=1S/C15H13N3OS/c1-19-11-5-4-10-6-7-17-15(12(10)9-11)18-8-2-3-13(18)14(16)20/h2-9H,1H3,(H2,16,20). The van der Waals surface area contributed by atoms with Crippen LogP contribution in [-0.2, 0) is 0 Å². The quantitative estimate of drug-likeness (QED) is 0.751. The summed E-state index contributed by atoms with van der Waals surface area (Å²) >= 11 is 5.08. The number of thiocarbonyl (C=S) groups is 1. The highest BCUT2D eigenvalue weighted by Crippen LogP contribution is 2.26. The van der Waals surface area contributed by atoms with Gasteiger partial charge in [-0.2, -0.15) is 0 Å². The van der Waals surface area contributed by atoms with Crippen LogP contribution < -0.4 is 10.5 Å². The zero-order chi connectivity index (χ0) is 14.1. The Labute approximate surface area is 121 Å². The zero-order valence-corrected chi connectivity index (χ0v) is 11.7. The largest absolute Gasteiger partial charge is 0.497 e. The molecule has 2 aromatic heterocycles. The first kappa shape index (κ1) is 12.6. The summed E-state index contributed by atoms with van der Waals surface area (Å²) in [4.78, 5) is 4.80. The van der Waals surface area contributed by atoms with Crippen molar-refractivity contribution in [3.05, 3.63) is 54.5 Å². The van der Waals surface area contributed by atoms with E-state index in [0.29, 0.717) is 4.99 Å². The van der Waals surface area contributed by atoms with Gasteiger partial charge in [0.2, 0.25) is 0 Å². The van der Waals surface area contributed by atoms with Crippen molar-refractivity contribution in [2.75, 3.05) is 7.11 Å². The van der Waals surface area contributed by atoms with Gasteiger partial charge in [0.25, 0.3) is 0 Å². The molecule has 5 heteroatoms. The van der Waals surface area contributed by atoms with E-state index in [1.165, 1.54) is 0 Å². The predicted molar refractivity (Wildman–Crippen MR) is 83.5 cm³/mol. The van der Waals surface area contributed by atoms with E-state index in [0.717, 1.165) is 28.0 Å². The molecule has 2 N–H and O–H groups in total. The van der Waals surface area contributed by atoms with Gasteiger partial charge in [-0.1, -0.05) is 18.3 Å². The highest BCUT2D eigenvalue weighted by atomic mass is 32.1. The lowest BCUT2D eigenvalue weighted by Crippen LogP contribution is -2.15. The Kier molecular flexibility index (Phi) is 3.12. The number of aromatic nitrogens is 2. The third kappa shape index (κ3) is 2.02. The molecule has 0 spiro atoms. The third-order valence-electron chi connectivity index (χ3n) is 3.18. The Morgan fingerprint density at radius 1 is 1.30 bits per heavy atom. The van der Waals surface area contributed by atoms with E-state index in [1.807, 2.05) is 47.2 Å². The van der Waals surface area contributed by atoms with Crippen molar-refractivity contribution in [2.45, 2.75) is 0 Å². The third-order valence-corrected chi connectivity index (χ3v) is 3.39. The lowest BCUT2D eigenvalue weighted by Gasteiger charge is -2.11. The number of benzene rings is 1. The molecular weight excluding hydrogens is 270 g/mol. The molecule has 0 aliphatic rings. The molecule has 0 aliphatic carbocycles. The van der Waals surface area contributed by atoms with Gasteiger partial charge in [-0.25, -0.2) is 4.98 Å². The molecule has 0 saturated heterocycles. The van der Waals surface area contributed by atoms with Crippen LogP contribution in [0.4, 0.5) is 0 Å². The second kappa shape index (κ2) is 4.94. The molecule has 100 valence electrons. The fourth-order valence-corrected chi connectivity index (χ4v) is 2.38. The van der Waals surface area contributed by atoms with Crippen LogP contribution in [0.2, 0.25) is 0 Å². The summed E-state index contributed by atoms with van der Waals surface area (Å²) in [7, 11) is 1.65. The molecule has 1 aromatic carbocycles. The van der Waals surface area contributed by atoms with E-state index >= 15 is 0 Å². The van der Waals surface area contributed by atoms with Gasteiger partial charge in [0.05, 0.1) is 12.8 Å². The summed E-state index contributed by atoms with van der Waals surface area (Å²) in [6.45, 7) is 0. The van der Waals surface area contributed by atoms with Crippen LogP contribution in [0.25, 0.3) is 16.6 Å². The van der Waals surface area contributed by atoms with Crippen molar-refractivity contribution in [2.24, 2.45) is 5.73 Å². The average molecular weight is 283 g/mol. The average Bonchev–Trinajstić information content (AvgIpc) is 2.95. The number of nitrogens with two attached hydrogens (primary N) is 1. The van der Waals surface area contributed by atoms with Gasteiger partial charge in [-0.05, 0) is 35.7 Å². The van der Waals surface area contributed by atoms with E-state index in [9.17, 15) is 0 Å². The number of rotatable bonds is 3. The van der Waals surface area contributed by atoms with Gasteiger partial charge in [-0.3, -0.25) is 4.57 Å². The first-order valence-corrected chi connectivity index (χ1v) is 6.52. The number of ether oxygens (including phenoxy) is 1. The van der Waals surface area contributed by atoms with E-state index in [-0.39, 0.29) is 0 Å². The second-order valence-corrected chi connectivity index (χ2v) is 4.79. The molecular formula is C15H13N3OS.